The van der Waals surface area contributed by atoms with Crippen LogP contribution in [0.3, 0.4) is 0 Å². The minimum Gasteiger partial charge on any atom is -0.385 e. The molecule has 0 spiro atoms. The van der Waals surface area contributed by atoms with Gasteiger partial charge in [-0.3, -0.25) is 9.79 Å². The number of hydrogen-bond donors (Lipinski definition) is 3. The Bertz CT molecular complexity index is 574. The zero-order valence-corrected chi connectivity index (χ0v) is 18.0. The molecule has 0 bridgehead atoms. The Hall–Kier alpha value is -1.35. The summed E-state index contributed by atoms with van der Waals surface area (Å²) in [6, 6.07) is 7.96. The van der Waals surface area contributed by atoms with E-state index in [1.54, 1.807) is 14.2 Å². The number of carbonyl (C=O) groups excluding carboxylic acids is 1. The monoisotopic (exact) mass is 474 g/mol. The van der Waals surface area contributed by atoms with Gasteiger partial charge >= 0.3 is 0 Å². The molecule has 0 aliphatic heterocycles. The Kier molecular flexibility index (Phi) is 11.3. The molecule has 6 nitrogen and oxygen atoms in total. The summed E-state index contributed by atoms with van der Waals surface area (Å²) in [6.07, 6.45) is 5.29. The number of halogens is 1. The van der Waals surface area contributed by atoms with Crippen LogP contribution in [0.5, 0.6) is 0 Å². The highest BCUT2D eigenvalue weighted by atomic mass is 127. The van der Waals surface area contributed by atoms with E-state index in [1.807, 2.05) is 24.3 Å². The first-order valence-corrected chi connectivity index (χ1v) is 9.06. The summed E-state index contributed by atoms with van der Waals surface area (Å²) < 4.78 is 5.03. The van der Waals surface area contributed by atoms with E-state index in [2.05, 4.69) is 20.9 Å². The third kappa shape index (κ3) is 7.90. The third-order valence-electron chi connectivity index (χ3n) is 4.42. The van der Waals surface area contributed by atoms with Crippen LogP contribution in [0.25, 0.3) is 0 Å². The quantitative estimate of drug-likeness (QED) is 0.234. The van der Waals surface area contributed by atoms with Crippen LogP contribution in [-0.4, -0.2) is 39.2 Å². The second-order valence-corrected chi connectivity index (χ2v) is 6.37. The summed E-state index contributed by atoms with van der Waals surface area (Å²) in [4.78, 5) is 16.5. The van der Waals surface area contributed by atoms with Crippen molar-refractivity contribution in [2.75, 3.05) is 32.6 Å². The van der Waals surface area contributed by atoms with Crippen LogP contribution in [0.15, 0.2) is 29.3 Å². The van der Waals surface area contributed by atoms with Crippen molar-refractivity contribution in [3.05, 3.63) is 29.8 Å². The van der Waals surface area contributed by atoms with Crippen LogP contribution in [0, 0.1) is 5.92 Å². The maximum Gasteiger partial charge on any atom is 0.227 e. The number of aliphatic imine (C=N–C) groups is 1. The first-order valence-electron chi connectivity index (χ1n) is 9.06. The lowest BCUT2D eigenvalue weighted by Gasteiger charge is -2.13. The smallest absolute Gasteiger partial charge is 0.227 e. The number of ether oxygens (including phenoxy) is 1. The molecule has 146 valence electrons. The lowest BCUT2D eigenvalue weighted by molar-refractivity contribution is -0.119. The van der Waals surface area contributed by atoms with Crippen molar-refractivity contribution in [2.45, 2.75) is 38.6 Å². The minimum atomic E-state index is 0. The average Bonchev–Trinajstić information content (AvgIpc) is 3.16. The molecule has 1 aromatic rings. The molecular formula is C19H31IN4O2. The molecule has 7 heteroatoms. The average molecular weight is 474 g/mol. The van der Waals surface area contributed by atoms with Gasteiger partial charge in [0.1, 0.15) is 0 Å². The van der Waals surface area contributed by atoms with Gasteiger partial charge in [0.15, 0.2) is 5.96 Å². The summed E-state index contributed by atoms with van der Waals surface area (Å²) in [6.45, 7) is 2.19. The lowest BCUT2D eigenvalue weighted by atomic mass is 10.1. The molecule has 1 fully saturated rings. The minimum absolute atomic E-state index is 0. The van der Waals surface area contributed by atoms with Crippen LogP contribution < -0.4 is 16.0 Å². The number of benzene rings is 1. The number of rotatable bonds is 8. The Morgan fingerprint density at radius 2 is 2.04 bits per heavy atom. The fourth-order valence-corrected chi connectivity index (χ4v) is 3.02. The van der Waals surface area contributed by atoms with Crippen LogP contribution in [-0.2, 0) is 16.1 Å². The molecule has 0 aromatic heterocycles. The predicted molar refractivity (Wildman–Crippen MR) is 117 cm³/mol. The number of carbonyl (C=O) groups is 1. The zero-order chi connectivity index (χ0) is 17.9. The maximum atomic E-state index is 12.2. The number of amides is 1. The van der Waals surface area contributed by atoms with Gasteiger partial charge in [0.2, 0.25) is 5.91 Å². The zero-order valence-electron chi connectivity index (χ0n) is 15.7. The van der Waals surface area contributed by atoms with Gasteiger partial charge < -0.3 is 20.7 Å². The molecule has 3 N–H and O–H groups in total. The predicted octanol–water partition coefficient (Wildman–Crippen LogP) is 3.13. The number of nitrogens with zero attached hydrogens (tertiary/aromatic N) is 1. The molecule has 1 aliphatic rings. The summed E-state index contributed by atoms with van der Waals surface area (Å²) in [5, 5.41) is 9.58. The van der Waals surface area contributed by atoms with Gasteiger partial charge in [0, 0.05) is 45.5 Å². The Morgan fingerprint density at radius 1 is 1.27 bits per heavy atom. The SMILES string of the molecule is CN=C(NCCCOC)NCc1cccc(NC(=O)C2CCCC2)c1.I. The van der Waals surface area contributed by atoms with Crippen LogP contribution >= 0.6 is 24.0 Å². The summed E-state index contributed by atoms with van der Waals surface area (Å²) in [5.74, 6) is 1.09. The van der Waals surface area contributed by atoms with Crippen molar-refractivity contribution in [3.63, 3.8) is 0 Å². The highest BCUT2D eigenvalue weighted by Crippen LogP contribution is 2.26. The van der Waals surface area contributed by atoms with Crippen molar-refractivity contribution >= 4 is 41.5 Å². The fourth-order valence-electron chi connectivity index (χ4n) is 3.02. The normalized spacial score (nSPS) is 14.6. The molecule has 1 aliphatic carbocycles. The number of anilines is 1. The van der Waals surface area contributed by atoms with Gasteiger partial charge in [-0.2, -0.15) is 0 Å². The Morgan fingerprint density at radius 3 is 2.73 bits per heavy atom. The number of nitrogens with one attached hydrogen (secondary N) is 3. The van der Waals surface area contributed by atoms with E-state index < -0.39 is 0 Å². The largest absolute Gasteiger partial charge is 0.385 e. The molecule has 0 unspecified atom stereocenters. The van der Waals surface area contributed by atoms with E-state index in [9.17, 15) is 4.79 Å². The second kappa shape index (κ2) is 12.9. The van der Waals surface area contributed by atoms with Crippen LogP contribution in [0.2, 0.25) is 0 Å². The molecular weight excluding hydrogens is 443 g/mol. The first kappa shape index (κ1) is 22.7. The maximum absolute atomic E-state index is 12.2. The van der Waals surface area contributed by atoms with Crippen LogP contribution in [0.4, 0.5) is 5.69 Å². The van der Waals surface area contributed by atoms with E-state index in [4.69, 9.17) is 4.74 Å². The number of methoxy groups -OCH3 is 1. The van der Waals surface area contributed by atoms with E-state index in [0.717, 1.165) is 49.6 Å². The number of hydrogen-bond acceptors (Lipinski definition) is 3. The van der Waals surface area contributed by atoms with Crippen molar-refractivity contribution < 1.29 is 9.53 Å². The van der Waals surface area contributed by atoms with Gasteiger partial charge in [0.05, 0.1) is 0 Å². The summed E-state index contributed by atoms with van der Waals surface area (Å²) in [5.41, 5.74) is 1.96. The van der Waals surface area contributed by atoms with E-state index >= 15 is 0 Å². The van der Waals surface area contributed by atoms with Crippen molar-refractivity contribution in [2.24, 2.45) is 10.9 Å². The molecule has 26 heavy (non-hydrogen) atoms. The first-order chi connectivity index (χ1) is 12.2. The molecule has 2 rings (SSSR count). The topological polar surface area (TPSA) is 74.8 Å². The molecule has 0 radical (unpaired) electrons. The molecule has 0 saturated heterocycles. The van der Waals surface area contributed by atoms with Crippen LogP contribution in [0.1, 0.15) is 37.7 Å². The lowest BCUT2D eigenvalue weighted by Crippen LogP contribution is -2.37. The summed E-state index contributed by atoms with van der Waals surface area (Å²) in [7, 11) is 3.45. The van der Waals surface area contributed by atoms with Crippen molar-refractivity contribution in [1.82, 2.24) is 10.6 Å². The summed E-state index contributed by atoms with van der Waals surface area (Å²) >= 11 is 0. The standard InChI is InChI=1S/C19H30N4O2.HI/c1-20-19(21-11-6-12-25-2)22-14-15-7-5-10-17(13-15)23-18(24)16-8-3-4-9-16;/h5,7,10,13,16H,3-4,6,8-9,11-12,14H2,1-2H3,(H,23,24)(H2,20,21,22);1H. The van der Waals surface area contributed by atoms with E-state index in [-0.39, 0.29) is 35.8 Å². The Balaban J connectivity index is 0.00000338. The highest BCUT2D eigenvalue weighted by Gasteiger charge is 2.22. The third-order valence-corrected chi connectivity index (χ3v) is 4.42. The fraction of sp³-hybridized carbons (Fsp3) is 0.579. The van der Waals surface area contributed by atoms with Crippen molar-refractivity contribution in [1.29, 1.82) is 0 Å². The molecule has 0 atom stereocenters. The Labute approximate surface area is 173 Å². The number of guanidine groups is 1. The van der Waals surface area contributed by atoms with Gasteiger partial charge in [-0.1, -0.05) is 25.0 Å². The molecule has 0 heterocycles. The second-order valence-electron chi connectivity index (χ2n) is 6.37. The van der Waals surface area contributed by atoms with Gasteiger partial charge in [-0.05, 0) is 37.0 Å². The van der Waals surface area contributed by atoms with E-state index in [0.29, 0.717) is 6.54 Å². The molecule has 1 amide bonds. The van der Waals surface area contributed by atoms with Gasteiger partial charge in [0.25, 0.3) is 0 Å². The highest BCUT2D eigenvalue weighted by molar-refractivity contribution is 14.0. The molecule has 1 aromatic carbocycles. The van der Waals surface area contributed by atoms with Gasteiger partial charge in [-0.15, -0.1) is 24.0 Å². The van der Waals surface area contributed by atoms with E-state index in [1.165, 1.54) is 12.8 Å². The van der Waals surface area contributed by atoms with Crippen molar-refractivity contribution in [3.8, 4) is 0 Å². The van der Waals surface area contributed by atoms with Gasteiger partial charge in [-0.25, -0.2) is 0 Å². The molecule has 1 saturated carbocycles.